The first kappa shape index (κ1) is 12.9. The van der Waals surface area contributed by atoms with Crippen molar-refractivity contribution in [2.75, 3.05) is 19.0 Å². The Kier molecular flexibility index (Phi) is 4.66. The first-order chi connectivity index (χ1) is 7.54. The van der Waals surface area contributed by atoms with Crippen LogP contribution < -0.4 is 10.1 Å². The van der Waals surface area contributed by atoms with E-state index < -0.39 is 0 Å². The Balaban J connectivity index is 2.89. The van der Waals surface area contributed by atoms with Crippen LogP contribution in [0.15, 0.2) is 18.2 Å². The molecular formula is C14H23NO. The van der Waals surface area contributed by atoms with Crippen molar-refractivity contribution in [3.05, 3.63) is 23.8 Å². The third kappa shape index (κ3) is 3.44. The van der Waals surface area contributed by atoms with E-state index in [-0.39, 0.29) is 0 Å². The number of ether oxygens (including phenoxy) is 1. The molecule has 90 valence electrons. The lowest BCUT2D eigenvalue weighted by molar-refractivity contribution is 0.268. The quantitative estimate of drug-likeness (QED) is 0.814. The van der Waals surface area contributed by atoms with Gasteiger partial charge in [0.15, 0.2) is 0 Å². The molecule has 1 aromatic rings. The number of nitrogens with one attached hydrogen (secondary N) is 1. The number of hydrogen-bond acceptors (Lipinski definition) is 2. The zero-order chi connectivity index (χ0) is 12.1. The molecular weight excluding hydrogens is 198 g/mol. The van der Waals surface area contributed by atoms with E-state index >= 15 is 0 Å². The molecule has 0 radical (unpaired) electrons. The van der Waals surface area contributed by atoms with Crippen LogP contribution in [-0.2, 0) is 0 Å². The maximum absolute atomic E-state index is 5.83. The van der Waals surface area contributed by atoms with Crippen LogP contribution in [-0.4, -0.2) is 13.7 Å². The maximum Gasteiger partial charge on any atom is 0.122 e. The molecule has 0 unspecified atom stereocenters. The fourth-order valence-corrected chi connectivity index (χ4v) is 1.54. The first-order valence-corrected chi connectivity index (χ1v) is 5.99. The molecule has 0 aliphatic rings. The summed E-state index contributed by atoms with van der Waals surface area (Å²) in [4.78, 5) is 0. The van der Waals surface area contributed by atoms with Gasteiger partial charge >= 0.3 is 0 Å². The Morgan fingerprint density at radius 1 is 1.19 bits per heavy atom. The van der Waals surface area contributed by atoms with Gasteiger partial charge in [0, 0.05) is 12.7 Å². The van der Waals surface area contributed by atoms with Gasteiger partial charge in [-0.1, -0.05) is 27.7 Å². The van der Waals surface area contributed by atoms with E-state index in [0.717, 1.165) is 18.0 Å². The molecule has 16 heavy (non-hydrogen) atoms. The molecule has 0 saturated carbocycles. The molecule has 0 saturated heterocycles. The summed E-state index contributed by atoms with van der Waals surface area (Å²) in [6.07, 6.45) is 0. The molecule has 0 fully saturated rings. The maximum atomic E-state index is 5.83. The average Bonchev–Trinajstić information content (AvgIpc) is 2.25. The largest absolute Gasteiger partial charge is 0.493 e. The molecule has 0 aliphatic carbocycles. The lowest BCUT2D eigenvalue weighted by Crippen LogP contribution is -2.07. The van der Waals surface area contributed by atoms with Gasteiger partial charge in [-0.05, 0) is 35.6 Å². The summed E-state index contributed by atoms with van der Waals surface area (Å²) in [6, 6.07) is 6.28. The monoisotopic (exact) mass is 221 g/mol. The van der Waals surface area contributed by atoms with Gasteiger partial charge in [0.25, 0.3) is 0 Å². The Morgan fingerprint density at radius 3 is 2.38 bits per heavy atom. The Bertz CT molecular complexity index is 332. The third-order valence-electron chi connectivity index (χ3n) is 2.49. The summed E-state index contributed by atoms with van der Waals surface area (Å²) in [5.41, 5.74) is 2.41. The molecule has 0 heterocycles. The highest BCUT2D eigenvalue weighted by Crippen LogP contribution is 2.29. The molecule has 0 bridgehead atoms. The van der Waals surface area contributed by atoms with Gasteiger partial charge in [-0.25, -0.2) is 0 Å². The van der Waals surface area contributed by atoms with Gasteiger partial charge in [-0.2, -0.15) is 0 Å². The standard InChI is InChI=1S/C14H23NO/c1-10(2)9-16-14-7-6-12(15-5)8-13(14)11(3)4/h6-8,10-11,15H,9H2,1-5H3. The van der Waals surface area contributed by atoms with Gasteiger partial charge in [-0.15, -0.1) is 0 Å². The molecule has 0 spiro atoms. The van der Waals surface area contributed by atoms with Crippen LogP contribution >= 0.6 is 0 Å². The SMILES string of the molecule is CNc1ccc(OCC(C)C)c(C(C)C)c1. The number of anilines is 1. The van der Waals surface area contributed by atoms with Crippen molar-refractivity contribution in [3.8, 4) is 5.75 Å². The molecule has 2 heteroatoms. The summed E-state index contributed by atoms with van der Waals surface area (Å²) in [5.74, 6) is 2.06. The molecule has 1 N–H and O–H groups in total. The van der Waals surface area contributed by atoms with Crippen molar-refractivity contribution in [3.63, 3.8) is 0 Å². The zero-order valence-corrected chi connectivity index (χ0v) is 11.0. The second-order valence-electron chi connectivity index (χ2n) is 4.86. The predicted octanol–water partition coefficient (Wildman–Crippen LogP) is 3.89. The fraction of sp³-hybridized carbons (Fsp3) is 0.571. The molecule has 0 atom stereocenters. The third-order valence-corrected chi connectivity index (χ3v) is 2.49. The van der Waals surface area contributed by atoms with Crippen molar-refractivity contribution >= 4 is 5.69 Å². The van der Waals surface area contributed by atoms with Crippen molar-refractivity contribution in [1.29, 1.82) is 0 Å². The Hall–Kier alpha value is -1.18. The van der Waals surface area contributed by atoms with Crippen molar-refractivity contribution in [2.45, 2.75) is 33.6 Å². The minimum absolute atomic E-state index is 0.482. The zero-order valence-electron chi connectivity index (χ0n) is 11.0. The highest BCUT2D eigenvalue weighted by Gasteiger charge is 2.09. The topological polar surface area (TPSA) is 21.3 Å². The molecule has 1 aromatic carbocycles. The summed E-state index contributed by atoms with van der Waals surface area (Å²) in [7, 11) is 1.94. The average molecular weight is 221 g/mol. The molecule has 0 amide bonds. The van der Waals surface area contributed by atoms with Gasteiger partial charge in [0.05, 0.1) is 6.61 Å². The van der Waals surface area contributed by atoms with E-state index in [1.54, 1.807) is 0 Å². The first-order valence-electron chi connectivity index (χ1n) is 5.99. The summed E-state index contributed by atoms with van der Waals surface area (Å²) in [5, 5.41) is 3.16. The van der Waals surface area contributed by atoms with E-state index in [1.165, 1.54) is 5.56 Å². The van der Waals surface area contributed by atoms with Crippen LogP contribution in [0.5, 0.6) is 5.75 Å². The van der Waals surface area contributed by atoms with Crippen LogP contribution in [0.3, 0.4) is 0 Å². The van der Waals surface area contributed by atoms with Gasteiger partial charge in [0.2, 0.25) is 0 Å². The summed E-state index contributed by atoms with van der Waals surface area (Å²) < 4.78 is 5.83. The minimum atomic E-state index is 0.482. The normalized spacial score (nSPS) is 10.9. The lowest BCUT2D eigenvalue weighted by Gasteiger charge is -2.16. The highest BCUT2D eigenvalue weighted by atomic mass is 16.5. The van der Waals surface area contributed by atoms with Crippen molar-refractivity contribution in [2.24, 2.45) is 5.92 Å². The van der Waals surface area contributed by atoms with E-state index in [2.05, 4.69) is 51.2 Å². The molecule has 0 aromatic heterocycles. The second kappa shape index (κ2) is 5.78. The minimum Gasteiger partial charge on any atom is -0.493 e. The van der Waals surface area contributed by atoms with E-state index in [1.807, 2.05) is 7.05 Å². The smallest absolute Gasteiger partial charge is 0.122 e. The van der Waals surface area contributed by atoms with Crippen LogP contribution in [0.2, 0.25) is 0 Å². The Labute approximate surface area is 99.0 Å². The van der Waals surface area contributed by atoms with Crippen LogP contribution in [0.4, 0.5) is 5.69 Å². The van der Waals surface area contributed by atoms with Gasteiger partial charge in [0.1, 0.15) is 5.75 Å². The van der Waals surface area contributed by atoms with Crippen LogP contribution in [0.25, 0.3) is 0 Å². The van der Waals surface area contributed by atoms with Crippen molar-refractivity contribution < 1.29 is 4.74 Å². The lowest BCUT2D eigenvalue weighted by atomic mass is 10.0. The predicted molar refractivity (Wildman–Crippen MR) is 70.4 cm³/mol. The summed E-state index contributed by atoms with van der Waals surface area (Å²) in [6.45, 7) is 9.49. The highest BCUT2D eigenvalue weighted by molar-refractivity contribution is 5.51. The molecule has 1 rings (SSSR count). The van der Waals surface area contributed by atoms with Gasteiger partial charge < -0.3 is 10.1 Å². The van der Waals surface area contributed by atoms with Crippen molar-refractivity contribution in [1.82, 2.24) is 0 Å². The molecule has 2 nitrogen and oxygen atoms in total. The number of hydrogen-bond donors (Lipinski definition) is 1. The molecule has 0 aliphatic heterocycles. The van der Waals surface area contributed by atoms with E-state index in [4.69, 9.17) is 4.74 Å². The second-order valence-corrected chi connectivity index (χ2v) is 4.86. The van der Waals surface area contributed by atoms with Gasteiger partial charge in [-0.3, -0.25) is 0 Å². The fourth-order valence-electron chi connectivity index (χ4n) is 1.54. The number of rotatable bonds is 5. The van der Waals surface area contributed by atoms with E-state index in [0.29, 0.717) is 11.8 Å². The van der Waals surface area contributed by atoms with Crippen LogP contribution in [0, 0.1) is 5.92 Å². The van der Waals surface area contributed by atoms with E-state index in [9.17, 15) is 0 Å². The number of benzene rings is 1. The van der Waals surface area contributed by atoms with Crippen LogP contribution in [0.1, 0.15) is 39.2 Å². The Morgan fingerprint density at radius 2 is 1.88 bits per heavy atom. The summed E-state index contributed by atoms with van der Waals surface area (Å²) >= 11 is 0.